The molecule has 0 spiro atoms. The molecule has 1 N–H and O–H groups in total. The molecule has 1 aromatic carbocycles. The van der Waals surface area contributed by atoms with Crippen molar-refractivity contribution in [3.63, 3.8) is 0 Å². The average Bonchev–Trinajstić information content (AvgIpc) is 3.09. The van der Waals surface area contributed by atoms with Gasteiger partial charge in [-0.3, -0.25) is 9.59 Å². The maximum Gasteiger partial charge on any atom is 0.240 e. The molecule has 3 aliphatic rings. The lowest BCUT2D eigenvalue weighted by Gasteiger charge is -2.31. The fourth-order valence-corrected chi connectivity index (χ4v) is 4.66. The Kier molecular flexibility index (Phi) is 3.21. The number of ether oxygens (including phenoxy) is 1. The van der Waals surface area contributed by atoms with Gasteiger partial charge in [-0.1, -0.05) is 5.11 Å². The van der Waals surface area contributed by atoms with Crippen molar-refractivity contribution in [3.8, 4) is 6.07 Å². The number of anilines is 1. The van der Waals surface area contributed by atoms with Gasteiger partial charge in [-0.2, -0.15) is 5.26 Å². The summed E-state index contributed by atoms with van der Waals surface area (Å²) in [4.78, 5) is 29.8. The molecule has 2 bridgehead atoms. The van der Waals surface area contributed by atoms with Crippen LogP contribution < -0.4 is 4.90 Å². The highest BCUT2D eigenvalue weighted by molar-refractivity contribution is 6.23. The number of hydrogen-bond acceptors (Lipinski definition) is 6. The molecule has 0 aromatic heterocycles. The minimum atomic E-state index is -1.11. The van der Waals surface area contributed by atoms with Crippen molar-refractivity contribution in [1.29, 1.82) is 5.26 Å². The number of hydrogen-bond donors (Lipinski definition) is 1. The maximum atomic E-state index is 13.0. The Hall–Kier alpha value is -2.92. The van der Waals surface area contributed by atoms with Crippen LogP contribution in [-0.4, -0.2) is 34.2 Å². The van der Waals surface area contributed by atoms with Gasteiger partial charge in [-0.05, 0) is 37.6 Å². The van der Waals surface area contributed by atoms with E-state index in [1.54, 1.807) is 13.8 Å². The van der Waals surface area contributed by atoms with Crippen LogP contribution in [0.2, 0.25) is 0 Å². The van der Waals surface area contributed by atoms with Gasteiger partial charge in [-0.15, -0.1) is 0 Å². The summed E-state index contributed by atoms with van der Waals surface area (Å²) in [5, 5.41) is 22.9. The van der Waals surface area contributed by atoms with E-state index in [2.05, 4.69) is 10.0 Å². The van der Waals surface area contributed by atoms with Crippen LogP contribution in [0, 0.1) is 23.2 Å². The first-order chi connectivity index (χ1) is 12.3. The molecule has 2 unspecified atom stereocenters. The molecular weight excluding hydrogens is 338 g/mol. The first kappa shape index (κ1) is 16.5. The molecule has 0 aliphatic carbocycles. The largest absolute Gasteiger partial charge is 0.390 e. The van der Waals surface area contributed by atoms with E-state index in [-0.39, 0.29) is 23.4 Å². The molecule has 4 rings (SSSR count). The van der Waals surface area contributed by atoms with Crippen molar-refractivity contribution in [2.75, 3.05) is 4.90 Å². The molecular formula is C17H15N5O4. The molecule has 1 aromatic rings. The maximum absolute atomic E-state index is 13.0. The molecule has 26 heavy (non-hydrogen) atoms. The number of nitriles is 1. The summed E-state index contributed by atoms with van der Waals surface area (Å²) < 4.78 is 5.92. The predicted octanol–water partition coefficient (Wildman–Crippen LogP) is 1.92. The average molecular weight is 353 g/mol. The van der Waals surface area contributed by atoms with Crippen LogP contribution in [-0.2, 0) is 14.3 Å². The first-order valence-electron chi connectivity index (χ1n) is 8.12. The lowest BCUT2D eigenvalue weighted by atomic mass is 9.67. The van der Waals surface area contributed by atoms with Crippen molar-refractivity contribution >= 4 is 23.2 Å². The highest BCUT2D eigenvalue weighted by Gasteiger charge is 2.75. The minimum Gasteiger partial charge on any atom is -0.390 e. The van der Waals surface area contributed by atoms with Crippen molar-refractivity contribution < 1.29 is 19.4 Å². The Morgan fingerprint density at radius 1 is 1.38 bits per heavy atom. The van der Waals surface area contributed by atoms with E-state index in [1.807, 2.05) is 6.07 Å². The Bertz CT molecular complexity index is 949. The van der Waals surface area contributed by atoms with Crippen LogP contribution in [0.25, 0.3) is 10.4 Å². The molecule has 9 nitrogen and oxygen atoms in total. The van der Waals surface area contributed by atoms with E-state index in [4.69, 9.17) is 15.5 Å². The van der Waals surface area contributed by atoms with Gasteiger partial charge in [0.15, 0.2) is 0 Å². The van der Waals surface area contributed by atoms with Gasteiger partial charge in [0.2, 0.25) is 11.8 Å². The lowest BCUT2D eigenvalue weighted by Crippen LogP contribution is -2.49. The second-order valence-corrected chi connectivity index (χ2v) is 7.29. The van der Waals surface area contributed by atoms with Gasteiger partial charge < -0.3 is 9.84 Å². The number of azide groups is 1. The summed E-state index contributed by atoms with van der Waals surface area (Å²) in [5.41, 5.74) is 7.07. The molecule has 3 fully saturated rings. The van der Waals surface area contributed by atoms with E-state index in [0.717, 1.165) is 4.90 Å². The molecule has 0 saturated carbocycles. The van der Waals surface area contributed by atoms with Gasteiger partial charge in [0.25, 0.3) is 0 Å². The summed E-state index contributed by atoms with van der Waals surface area (Å²) >= 11 is 0. The van der Waals surface area contributed by atoms with Crippen LogP contribution in [0.4, 0.5) is 11.4 Å². The number of imide groups is 1. The number of amides is 2. The van der Waals surface area contributed by atoms with Crippen LogP contribution in [0.5, 0.6) is 0 Å². The van der Waals surface area contributed by atoms with Gasteiger partial charge in [-0.25, -0.2) is 4.90 Å². The molecule has 0 radical (unpaired) electrons. The Balaban J connectivity index is 1.81. The fraction of sp³-hybridized carbons (Fsp3) is 0.471. The number of rotatable bonds is 2. The van der Waals surface area contributed by atoms with Crippen molar-refractivity contribution in [1.82, 2.24) is 0 Å². The number of nitrogens with zero attached hydrogens (tertiary/aromatic N) is 5. The monoisotopic (exact) mass is 353 g/mol. The summed E-state index contributed by atoms with van der Waals surface area (Å²) in [6.45, 7) is 3.40. The van der Waals surface area contributed by atoms with Crippen LogP contribution in [0.3, 0.4) is 0 Å². The van der Waals surface area contributed by atoms with Gasteiger partial charge >= 0.3 is 0 Å². The zero-order chi connectivity index (χ0) is 18.9. The second kappa shape index (κ2) is 5.05. The number of benzene rings is 1. The van der Waals surface area contributed by atoms with Crippen molar-refractivity contribution in [2.45, 2.75) is 37.6 Å². The normalized spacial score (nSPS) is 37.5. The van der Waals surface area contributed by atoms with E-state index < -0.39 is 41.0 Å². The predicted molar refractivity (Wildman–Crippen MR) is 88.0 cm³/mol. The third-order valence-corrected chi connectivity index (χ3v) is 5.81. The third-order valence-electron chi connectivity index (χ3n) is 5.81. The van der Waals surface area contributed by atoms with Crippen molar-refractivity contribution in [3.05, 3.63) is 34.2 Å². The van der Waals surface area contributed by atoms with E-state index in [9.17, 15) is 14.7 Å². The Morgan fingerprint density at radius 3 is 2.73 bits per heavy atom. The first-order valence-corrected chi connectivity index (χ1v) is 8.12. The highest BCUT2D eigenvalue weighted by atomic mass is 16.6. The SMILES string of the molecule is CC12C[C@@H](O)C(C)(O1)[C@H]1C(=O)N(c3ccc(C#N)c(N=[N+]=[N-])c3)C(=O)[C@H]12. The molecule has 5 atom stereocenters. The lowest BCUT2D eigenvalue weighted by molar-refractivity contribution is -0.132. The van der Waals surface area contributed by atoms with E-state index >= 15 is 0 Å². The minimum absolute atomic E-state index is 0.0434. The summed E-state index contributed by atoms with van der Waals surface area (Å²) in [7, 11) is 0. The Labute approximate surface area is 148 Å². The van der Waals surface area contributed by atoms with Gasteiger partial charge in [0.05, 0.1) is 46.5 Å². The number of aliphatic hydroxyl groups is 1. The van der Waals surface area contributed by atoms with E-state index in [0.29, 0.717) is 0 Å². The number of aliphatic hydroxyl groups excluding tert-OH is 1. The number of fused-ring (bicyclic) bond motifs is 5. The second-order valence-electron chi connectivity index (χ2n) is 7.29. The topological polar surface area (TPSA) is 139 Å². The van der Waals surface area contributed by atoms with Gasteiger partial charge in [0, 0.05) is 11.3 Å². The number of carbonyl (C=O) groups excluding carboxylic acids is 2. The molecule has 132 valence electrons. The van der Waals surface area contributed by atoms with Crippen molar-refractivity contribution in [2.24, 2.45) is 17.0 Å². The molecule has 3 saturated heterocycles. The smallest absolute Gasteiger partial charge is 0.240 e. The summed E-state index contributed by atoms with van der Waals surface area (Å²) in [6, 6.07) is 6.11. The van der Waals surface area contributed by atoms with Crippen LogP contribution >= 0.6 is 0 Å². The van der Waals surface area contributed by atoms with E-state index in [1.165, 1.54) is 18.2 Å². The zero-order valence-corrected chi connectivity index (χ0v) is 14.1. The molecule has 3 aliphatic heterocycles. The third kappa shape index (κ3) is 1.83. The highest BCUT2D eigenvalue weighted by Crippen LogP contribution is 2.61. The van der Waals surface area contributed by atoms with Gasteiger partial charge in [0.1, 0.15) is 5.60 Å². The van der Waals surface area contributed by atoms with Crippen LogP contribution in [0.15, 0.2) is 23.3 Å². The molecule has 9 heteroatoms. The zero-order valence-electron chi connectivity index (χ0n) is 14.1. The summed E-state index contributed by atoms with van der Waals surface area (Å²) in [5.74, 6) is -2.32. The standard InChI is InChI=1S/C17H15N5O4/c1-16-6-11(23)17(2,26-16)13-12(16)14(24)22(15(13)25)9-4-3-8(7-18)10(5-9)20-21-19/h3-5,11-13,23H,6H2,1-2H3/t11-,12+,13-,16?,17?/m1/s1. The molecule has 2 amide bonds. The Morgan fingerprint density at radius 2 is 2.08 bits per heavy atom. The quantitative estimate of drug-likeness (QED) is 0.374. The fourth-order valence-electron chi connectivity index (χ4n) is 4.66. The number of carbonyl (C=O) groups is 2. The summed E-state index contributed by atoms with van der Waals surface area (Å²) in [6.07, 6.45) is -0.542. The molecule has 3 heterocycles. The van der Waals surface area contributed by atoms with Crippen LogP contribution in [0.1, 0.15) is 25.8 Å².